The molecule has 0 bridgehead atoms. The van der Waals surface area contributed by atoms with Gasteiger partial charge in [-0.05, 0) is 50.2 Å². The Morgan fingerprint density at radius 2 is 1.88 bits per heavy atom. The van der Waals surface area contributed by atoms with Gasteiger partial charge in [0.1, 0.15) is 5.75 Å². The minimum Gasteiger partial charge on any atom is -0.496 e. The number of rotatable bonds is 9. The molecule has 0 fully saturated rings. The maximum absolute atomic E-state index is 12.7. The predicted octanol–water partition coefficient (Wildman–Crippen LogP) is 4.18. The van der Waals surface area contributed by atoms with Gasteiger partial charge in [0.05, 0.1) is 24.5 Å². The number of aromatic nitrogens is 3. The first-order valence-corrected chi connectivity index (χ1v) is 11.3. The van der Waals surface area contributed by atoms with Gasteiger partial charge >= 0.3 is 0 Å². The number of hydrogen-bond donors (Lipinski definition) is 2. The van der Waals surface area contributed by atoms with E-state index in [1.54, 1.807) is 48.5 Å². The maximum atomic E-state index is 12.7. The van der Waals surface area contributed by atoms with Gasteiger partial charge < -0.3 is 19.9 Å². The van der Waals surface area contributed by atoms with Gasteiger partial charge in [-0.2, -0.15) is 0 Å². The molecule has 2 amide bonds. The fraction of sp³-hybridized carbons (Fsp3) is 0.273. The third-order valence-electron chi connectivity index (χ3n) is 4.61. The highest BCUT2D eigenvalue weighted by molar-refractivity contribution is 7.99. The monoisotopic (exact) mass is 473 g/mol. The summed E-state index contributed by atoms with van der Waals surface area (Å²) in [5.74, 6) is 0.843. The predicted molar refractivity (Wildman–Crippen MR) is 125 cm³/mol. The Morgan fingerprint density at radius 3 is 2.56 bits per heavy atom. The first kappa shape index (κ1) is 23.6. The summed E-state index contributed by atoms with van der Waals surface area (Å²) in [5.41, 5.74) is 1.11. The number of ether oxygens (including phenoxy) is 1. The van der Waals surface area contributed by atoms with E-state index in [2.05, 4.69) is 20.8 Å². The van der Waals surface area contributed by atoms with Crippen LogP contribution in [0.5, 0.6) is 5.75 Å². The van der Waals surface area contributed by atoms with Crippen LogP contribution in [0, 0.1) is 0 Å². The molecule has 1 unspecified atom stereocenters. The fourth-order valence-electron chi connectivity index (χ4n) is 3.06. The molecular formula is C22H24ClN5O3S. The molecule has 3 rings (SSSR count). The van der Waals surface area contributed by atoms with Crippen LogP contribution in [0.15, 0.2) is 53.7 Å². The molecule has 2 N–H and O–H groups in total. The largest absolute Gasteiger partial charge is 0.496 e. The Bertz CT molecular complexity index is 1090. The van der Waals surface area contributed by atoms with E-state index in [4.69, 9.17) is 16.3 Å². The smallest absolute Gasteiger partial charge is 0.255 e. The summed E-state index contributed by atoms with van der Waals surface area (Å²) in [6.07, 6.45) is 0. The SMILES string of the molecule is CCn1c(SCC(=O)Nc2ccc(Cl)cc2)nnc1C(C)NC(=O)c1ccccc1OC. The van der Waals surface area contributed by atoms with Crippen molar-refractivity contribution in [3.8, 4) is 5.75 Å². The van der Waals surface area contributed by atoms with Crippen LogP contribution < -0.4 is 15.4 Å². The molecule has 168 valence electrons. The number of nitrogens with one attached hydrogen (secondary N) is 2. The third-order valence-corrected chi connectivity index (χ3v) is 5.83. The summed E-state index contributed by atoms with van der Waals surface area (Å²) in [6.45, 7) is 4.39. The minimum absolute atomic E-state index is 0.165. The summed E-state index contributed by atoms with van der Waals surface area (Å²) in [5, 5.41) is 15.4. The van der Waals surface area contributed by atoms with Crippen LogP contribution in [0.3, 0.4) is 0 Å². The van der Waals surface area contributed by atoms with Crippen LogP contribution >= 0.6 is 23.4 Å². The van der Waals surface area contributed by atoms with Crippen LogP contribution in [0.25, 0.3) is 0 Å². The van der Waals surface area contributed by atoms with E-state index in [-0.39, 0.29) is 17.6 Å². The summed E-state index contributed by atoms with van der Waals surface area (Å²) in [7, 11) is 1.52. The van der Waals surface area contributed by atoms with E-state index in [0.29, 0.717) is 39.5 Å². The Morgan fingerprint density at radius 1 is 1.16 bits per heavy atom. The number of para-hydroxylation sites is 1. The van der Waals surface area contributed by atoms with Gasteiger partial charge in [0, 0.05) is 17.3 Å². The molecule has 1 aromatic heterocycles. The number of carbonyl (C=O) groups excluding carboxylic acids is 2. The van der Waals surface area contributed by atoms with Gasteiger partial charge in [0.2, 0.25) is 5.91 Å². The zero-order chi connectivity index (χ0) is 23.1. The molecular weight excluding hydrogens is 450 g/mol. The van der Waals surface area contributed by atoms with E-state index in [1.165, 1.54) is 18.9 Å². The molecule has 1 heterocycles. The van der Waals surface area contributed by atoms with Crippen molar-refractivity contribution in [2.45, 2.75) is 31.6 Å². The molecule has 1 atom stereocenters. The molecule has 0 aliphatic heterocycles. The van der Waals surface area contributed by atoms with Gasteiger partial charge in [0.25, 0.3) is 5.91 Å². The summed E-state index contributed by atoms with van der Waals surface area (Å²) < 4.78 is 7.15. The lowest BCUT2D eigenvalue weighted by molar-refractivity contribution is -0.113. The molecule has 3 aromatic rings. The molecule has 0 saturated heterocycles. The fourth-order valence-corrected chi connectivity index (χ4v) is 3.99. The number of thioether (sulfide) groups is 1. The van der Waals surface area contributed by atoms with Crippen molar-refractivity contribution in [1.29, 1.82) is 0 Å². The van der Waals surface area contributed by atoms with Crippen LogP contribution in [0.1, 0.15) is 36.1 Å². The van der Waals surface area contributed by atoms with E-state index >= 15 is 0 Å². The van der Waals surface area contributed by atoms with Gasteiger partial charge in [0.15, 0.2) is 11.0 Å². The van der Waals surface area contributed by atoms with E-state index in [0.717, 1.165) is 0 Å². The summed E-state index contributed by atoms with van der Waals surface area (Å²) in [4.78, 5) is 25.0. The van der Waals surface area contributed by atoms with Gasteiger partial charge in [-0.25, -0.2) is 0 Å². The third kappa shape index (κ3) is 5.80. The van der Waals surface area contributed by atoms with Gasteiger partial charge in [-0.3, -0.25) is 9.59 Å². The molecule has 10 heteroatoms. The number of amides is 2. The Kier molecular flexibility index (Phi) is 8.13. The normalized spacial score (nSPS) is 11.6. The molecule has 8 nitrogen and oxygen atoms in total. The van der Waals surface area contributed by atoms with Crippen molar-refractivity contribution in [3.05, 3.63) is 64.9 Å². The first-order chi connectivity index (χ1) is 15.4. The number of nitrogens with zero attached hydrogens (tertiary/aromatic N) is 3. The number of halogens is 1. The first-order valence-electron chi connectivity index (χ1n) is 9.98. The number of hydrogen-bond acceptors (Lipinski definition) is 6. The van der Waals surface area contributed by atoms with E-state index in [1.807, 2.05) is 18.4 Å². The topological polar surface area (TPSA) is 98.1 Å². The van der Waals surface area contributed by atoms with Gasteiger partial charge in [-0.15, -0.1) is 10.2 Å². The maximum Gasteiger partial charge on any atom is 0.255 e. The zero-order valence-electron chi connectivity index (χ0n) is 18.0. The number of methoxy groups -OCH3 is 1. The van der Waals surface area contributed by atoms with Crippen LogP contribution in [0.2, 0.25) is 5.02 Å². The Hall–Kier alpha value is -3.04. The molecule has 0 radical (unpaired) electrons. The molecule has 0 spiro atoms. The van der Waals surface area contributed by atoms with E-state index < -0.39 is 6.04 Å². The average Bonchev–Trinajstić information content (AvgIpc) is 3.22. The Labute approximate surface area is 195 Å². The summed E-state index contributed by atoms with van der Waals surface area (Å²) >= 11 is 7.15. The van der Waals surface area contributed by atoms with Crippen molar-refractivity contribution in [2.75, 3.05) is 18.2 Å². The van der Waals surface area contributed by atoms with Crippen molar-refractivity contribution in [2.24, 2.45) is 0 Å². The highest BCUT2D eigenvalue weighted by atomic mass is 35.5. The van der Waals surface area contributed by atoms with Crippen LogP contribution in [-0.2, 0) is 11.3 Å². The lowest BCUT2D eigenvalue weighted by atomic mass is 10.1. The van der Waals surface area contributed by atoms with Crippen LogP contribution in [-0.4, -0.2) is 39.4 Å². The molecule has 2 aromatic carbocycles. The summed E-state index contributed by atoms with van der Waals surface area (Å²) in [6, 6.07) is 13.5. The lowest BCUT2D eigenvalue weighted by Gasteiger charge is -2.16. The molecule has 32 heavy (non-hydrogen) atoms. The highest BCUT2D eigenvalue weighted by Crippen LogP contribution is 2.23. The molecule has 0 saturated carbocycles. The Balaban J connectivity index is 1.64. The highest BCUT2D eigenvalue weighted by Gasteiger charge is 2.21. The van der Waals surface area contributed by atoms with Gasteiger partial charge in [-0.1, -0.05) is 35.5 Å². The zero-order valence-corrected chi connectivity index (χ0v) is 19.5. The molecule has 0 aliphatic rings. The quantitative estimate of drug-likeness (QED) is 0.452. The van der Waals surface area contributed by atoms with Crippen LogP contribution in [0.4, 0.5) is 5.69 Å². The van der Waals surface area contributed by atoms with Crippen molar-refractivity contribution < 1.29 is 14.3 Å². The second-order valence-corrected chi connectivity index (χ2v) is 8.20. The number of benzene rings is 2. The molecule has 0 aliphatic carbocycles. The average molecular weight is 474 g/mol. The second kappa shape index (κ2) is 11.0. The van der Waals surface area contributed by atoms with E-state index in [9.17, 15) is 9.59 Å². The number of anilines is 1. The van der Waals surface area contributed by atoms with Crippen molar-refractivity contribution >= 4 is 40.9 Å². The minimum atomic E-state index is -0.392. The number of carbonyl (C=O) groups is 2. The standard InChI is InChI=1S/C22H24ClN5O3S/c1-4-28-20(14(2)24-21(30)17-7-5-6-8-18(17)31-3)26-27-22(28)32-13-19(29)25-16-11-9-15(23)10-12-16/h5-12,14H,4,13H2,1-3H3,(H,24,30)(H,25,29). The van der Waals surface area contributed by atoms with Crippen molar-refractivity contribution in [3.63, 3.8) is 0 Å². The second-order valence-electron chi connectivity index (χ2n) is 6.82. The van der Waals surface area contributed by atoms with Crippen molar-refractivity contribution in [1.82, 2.24) is 20.1 Å². The lowest BCUT2D eigenvalue weighted by Crippen LogP contribution is -2.29.